The van der Waals surface area contributed by atoms with Crippen molar-refractivity contribution in [3.63, 3.8) is 0 Å². The maximum absolute atomic E-state index is 13.4. The standard InChI is InChI=1S/C31H24Cl3FN4O2S/c32-22-8-13-25(14-9-22)41-18-29(40)36-27(16-20-4-2-1-3-5-20)30-37-38-31(42-19-21-6-11-24(35)12-7-21)39(30)28-15-10-23(33)17-26(28)34/h1-15,17,27H,16,18-19H2,(H,36,40). The molecule has 1 amide bonds. The summed E-state index contributed by atoms with van der Waals surface area (Å²) < 4.78 is 20.9. The van der Waals surface area contributed by atoms with Crippen LogP contribution in [-0.4, -0.2) is 27.3 Å². The third kappa shape index (κ3) is 7.83. The van der Waals surface area contributed by atoms with Crippen molar-refractivity contribution < 1.29 is 13.9 Å². The van der Waals surface area contributed by atoms with Gasteiger partial charge in [0.2, 0.25) is 0 Å². The summed E-state index contributed by atoms with van der Waals surface area (Å²) in [6, 6.07) is 27.4. The first-order valence-electron chi connectivity index (χ1n) is 12.9. The molecule has 214 valence electrons. The minimum Gasteiger partial charge on any atom is -0.484 e. The Kier molecular flexibility index (Phi) is 10.0. The second-order valence-corrected chi connectivity index (χ2v) is 11.5. The lowest BCUT2D eigenvalue weighted by Crippen LogP contribution is -2.35. The fourth-order valence-electron chi connectivity index (χ4n) is 4.19. The molecule has 1 heterocycles. The van der Waals surface area contributed by atoms with Gasteiger partial charge in [-0.25, -0.2) is 4.39 Å². The molecule has 0 bridgehead atoms. The van der Waals surface area contributed by atoms with Crippen molar-refractivity contribution in [2.75, 3.05) is 6.61 Å². The normalized spacial score (nSPS) is 11.7. The lowest BCUT2D eigenvalue weighted by atomic mass is 10.0. The molecule has 1 atom stereocenters. The molecule has 5 aromatic rings. The van der Waals surface area contributed by atoms with E-state index < -0.39 is 6.04 Å². The number of rotatable bonds is 11. The van der Waals surface area contributed by atoms with E-state index in [-0.39, 0.29) is 18.3 Å². The van der Waals surface area contributed by atoms with Gasteiger partial charge in [-0.3, -0.25) is 9.36 Å². The fourth-order valence-corrected chi connectivity index (χ4v) is 5.72. The minimum atomic E-state index is -0.590. The van der Waals surface area contributed by atoms with Crippen LogP contribution in [0.1, 0.15) is 23.0 Å². The molecular formula is C31H24Cl3FN4O2S. The van der Waals surface area contributed by atoms with Crippen LogP contribution < -0.4 is 10.1 Å². The number of nitrogens with zero attached hydrogens (tertiary/aromatic N) is 3. The van der Waals surface area contributed by atoms with Crippen LogP contribution in [0, 0.1) is 5.82 Å². The van der Waals surface area contributed by atoms with Crippen LogP contribution in [0.2, 0.25) is 15.1 Å². The Balaban J connectivity index is 1.47. The first kappa shape index (κ1) is 29.9. The van der Waals surface area contributed by atoms with Crippen molar-refractivity contribution in [3.05, 3.63) is 135 Å². The van der Waals surface area contributed by atoms with E-state index in [1.807, 2.05) is 34.9 Å². The van der Waals surface area contributed by atoms with Gasteiger partial charge < -0.3 is 10.1 Å². The Labute approximate surface area is 261 Å². The predicted octanol–water partition coefficient (Wildman–Crippen LogP) is 8.14. The summed E-state index contributed by atoms with van der Waals surface area (Å²) in [5, 5.41) is 14.1. The smallest absolute Gasteiger partial charge is 0.258 e. The largest absolute Gasteiger partial charge is 0.484 e. The number of carbonyl (C=O) groups excluding carboxylic acids is 1. The zero-order valence-electron chi connectivity index (χ0n) is 22.0. The first-order valence-corrected chi connectivity index (χ1v) is 15.0. The third-order valence-electron chi connectivity index (χ3n) is 6.20. The molecule has 6 nitrogen and oxygen atoms in total. The van der Waals surface area contributed by atoms with E-state index in [9.17, 15) is 9.18 Å². The number of nitrogens with one attached hydrogen (secondary N) is 1. The Morgan fingerprint density at radius 2 is 1.60 bits per heavy atom. The highest BCUT2D eigenvalue weighted by Crippen LogP contribution is 2.33. The Morgan fingerprint density at radius 1 is 0.881 bits per heavy atom. The van der Waals surface area contributed by atoms with E-state index in [0.717, 1.165) is 11.1 Å². The quantitative estimate of drug-likeness (QED) is 0.148. The molecule has 0 saturated carbocycles. The molecule has 1 aromatic heterocycles. The number of amides is 1. The van der Waals surface area contributed by atoms with Gasteiger partial charge in [-0.2, -0.15) is 0 Å². The maximum atomic E-state index is 13.4. The number of halogens is 4. The van der Waals surface area contributed by atoms with Gasteiger partial charge >= 0.3 is 0 Å². The second kappa shape index (κ2) is 14.1. The minimum absolute atomic E-state index is 0.213. The summed E-state index contributed by atoms with van der Waals surface area (Å²) >= 11 is 20.2. The monoisotopic (exact) mass is 640 g/mol. The van der Waals surface area contributed by atoms with E-state index >= 15 is 0 Å². The van der Waals surface area contributed by atoms with Crippen LogP contribution in [0.5, 0.6) is 5.75 Å². The molecule has 0 aliphatic carbocycles. The van der Waals surface area contributed by atoms with Crippen LogP contribution in [0.15, 0.2) is 102 Å². The molecular weight excluding hydrogens is 618 g/mol. The lowest BCUT2D eigenvalue weighted by Gasteiger charge is -2.21. The number of carbonyl (C=O) groups is 1. The van der Waals surface area contributed by atoms with E-state index in [2.05, 4.69) is 15.5 Å². The summed E-state index contributed by atoms with van der Waals surface area (Å²) in [5.74, 6) is 0.855. The Bertz CT molecular complexity index is 1650. The van der Waals surface area contributed by atoms with Crippen LogP contribution in [0.4, 0.5) is 4.39 Å². The summed E-state index contributed by atoms with van der Waals surface area (Å²) in [6.07, 6.45) is 0.430. The third-order valence-corrected chi connectivity index (χ3v) is 7.99. The number of hydrogen-bond donors (Lipinski definition) is 1. The molecule has 0 spiro atoms. The van der Waals surface area contributed by atoms with Crippen LogP contribution in [0.25, 0.3) is 5.69 Å². The average molecular weight is 642 g/mol. The SMILES string of the molecule is O=C(COc1ccc(Cl)cc1)NC(Cc1ccccc1)c1nnc(SCc2ccc(F)cc2)n1-c1ccc(Cl)cc1Cl. The lowest BCUT2D eigenvalue weighted by molar-refractivity contribution is -0.123. The summed E-state index contributed by atoms with van der Waals surface area (Å²) in [4.78, 5) is 13.2. The van der Waals surface area contributed by atoms with Crippen molar-refractivity contribution in [3.8, 4) is 11.4 Å². The van der Waals surface area contributed by atoms with Gasteiger partial charge in [0, 0.05) is 15.8 Å². The molecule has 0 fully saturated rings. The fraction of sp³-hybridized carbons (Fsp3) is 0.129. The number of thioether (sulfide) groups is 1. The van der Waals surface area contributed by atoms with Crippen LogP contribution in [-0.2, 0) is 17.0 Å². The molecule has 0 aliphatic heterocycles. The van der Waals surface area contributed by atoms with Gasteiger partial charge in [0.25, 0.3) is 5.91 Å². The highest BCUT2D eigenvalue weighted by molar-refractivity contribution is 7.98. The van der Waals surface area contributed by atoms with E-state index in [1.54, 1.807) is 54.6 Å². The van der Waals surface area contributed by atoms with Gasteiger partial charge in [-0.15, -0.1) is 10.2 Å². The molecule has 5 rings (SSSR count). The summed E-state index contributed by atoms with van der Waals surface area (Å²) in [5.41, 5.74) is 2.50. The van der Waals surface area contributed by atoms with Crippen molar-refractivity contribution in [1.82, 2.24) is 20.1 Å². The summed E-state index contributed by atoms with van der Waals surface area (Å²) in [7, 11) is 0. The molecule has 4 aromatic carbocycles. The topological polar surface area (TPSA) is 69.0 Å². The van der Waals surface area contributed by atoms with Gasteiger partial charge in [-0.05, 0) is 72.1 Å². The van der Waals surface area contributed by atoms with Gasteiger partial charge in [0.15, 0.2) is 17.6 Å². The average Bonchev–Trinajstić information content (AvgIpc) is 3.40. The van der Waals surface area contributed by atoms with Crippen molar-refractivity contribution in [2.45, 2.75) is 23.4 Å². The molecule has 1 unspecified atom stereocenters. The molecule has 1 N–H and O–H groups in total. The Hall–Kier alpha value is -3.56. The van der Waals surface area contributed by atoms with Crippen LogP contribution >= 0.6 is 46.6 Å². The number of benzene rings is 4. The predicted molar refractivity (Wildman–Crippen MR) is 165 cm³/mol. The summed E-state index contributed by atoms with van der Waals surface area (Å²) in [6.45, 7) is -0.213. The Morgan fingerprint density at radius 3 is 2.31 bits per heavy atom. The first-order chi connectivity index (χ1) is 20.4. The highest BCUT2D eigenvalue weighted by Gasteiger charge is 2.26. The van der Waals surface area contributed by atoms with E-state index in [4.69, 9.17) is 39.5 Å². The van der Waals surface area contributed by atoms with Crippen molar-refractivity contribution in [2.24, 2.45) is 0 Å². The molecule has 0 aliphatic rings. The van der Waals surface area contributed by atoms with Crippen molar-refractivity contribution in [1.29, 1.82) is 0 Å². The number of ether oxygens (including phenoxy) is 1. The molecule has 0 radical (unpaired) electrons. The van der Waals surface area contributed by atoms with Gasteiger partial charge in [0.1, 0.15) is 11.6 Å². The molecule has 0 saturated heterocycles. The molecule has 42 heavy (non-hydrogen) atoms. The number of aromatic nitrogens is 3. The van der Waals surface area contributed by atoms with E-state index in [0.29, 0.717) is 49.7 Å². The van der Waals surface area contributed by atoms with Crippen LogP contribution in [0.3, 0.4) is 0 Å². The van der Waals surface area contributed by atoms with Gasteiger partial charge in [-0.1, -0.05) is 89.0 Å². The molecule has 11 heteroatoms. The highest BCUT2D eigenvalue weighted by atomic mass is 35.5. The van der Waals surface area contributed by atoms with Gasteiger partial charge in [0.05, 0.1) is 16.8 Å². The van der Waals surface area contributed by atoms with E-state index in [1.165, 1.54) is 23.9 Å². The van der Waals surface area contributed by atoms with Crippen molar-refractivity contribution >= 4 is 52.5 Å². The number of hydrogen-bond acceptors (Lipinski definition) is 5. The zero-order valence-corrected chi connectivity index (χ0v) is 25.1. The maximum Gasteiger partial charge on any atom is 0.258 e. The zero-order chi connectivity index (χ0) is 29.5. The second-order valence-electron chi connectivity index (χ2n) is 9.24.